The molecule has 2 heterocycles. The van der Waals surface area contributed by atoms with Crippen LogP contribution in [0.25, 0.3) is 11.0 Å². The maximum absolute atomic E-state index is 5.77. The average molecular weight is 216 g/mol. The van der Waals surface area contributed by atoms with Gasteiger partial charge in [0.15, 0.2) is 0 Å². The van der Waals surface area contributed by atoms with Gasteiger partial charge >= 0.3 is 0 Å². The Morgan fingerprint density at radius 1 is 1.25 bits per heavy atom. The molecule has 2 N–H and O–H groups in total. The Kier molecular flexibility index (Phi) is 2.02. The summed E-state index contributed by atoms with van der Waals surface area (Å²) in [4.78, 5) is 7.01. The molecule has 1 aliphatic rings. The first kappa shape index (κ1) is 9.51. The summed E-state index contributed by atoms with van der Waals surface area (Å²) in [7, 11) is 2.07. The molecule has 0 radical (unpaired) electrons. The summed E-state index contributed by atoms with van der Waals surface area (Å²) in [6.45, 7) is 2.24. The fourth-order valence-electron chi connectivity index (χ4n) is 2.40. The molecule has 4 nitrogen and oxygen atoms in total. The molecule has 0 atom stereocenters. The number of imidazole rings is 1. The summed E-state index contributed by atoms with van der Waals surface area (Å²) in [5, 5.41) is 0. The van der Waals surface area contributed by atoms with Gasteiger partial charge in [0.2, 0.25) is 5.95 Å². The number of nitrogens with zero attached hydrogens (tertiary/aromatic N) is 3. The molecule has 1 fully saturated rings. The van der Waals surface area contributed by atoms with Crippen molar-refractivity contribution in [2.45, 2.75) is 12.8 Å². The molecule has 0 bridgehead atoms. The first-order chi connectivity index (χ1) is 7.75. The van der Waals surface area contributed by atoms with E-state index in [1.165, 1.54) is 12.8 Å². The van der Waals surface area contributed by atoms with Crippen molar-refractivity contribution in [2.75, 3.05) is 23.7 Å². The van der Waals surface area contributed by atoms with E-state index in [0.29, 0.717) is 0 Å². The standard InChI is InChI=1S/C12H16N4/c1-15-11-5-4-9(13)8-10(11)14-12(15)16-6-2-3-7-16/h4-5,8H,2-3,6-7,13H2,1H3. The number of anilines is 2. The quantitative estimate of drug-likeness (QED) is 0.739. The van der Waals surface area contributed by atoms with E-state index in [4.69, 9.17) is 5.73 Å². The monoisotopic (exact) mass is 216 g/mol. The van der Waals surface area contributed by atoms with E-state index < -0.39 is 0 Å². The lowest BCUT2D eigenvalue weighted by Gasteiger charge is -2.15. The molecule has 1 aromatic carbocycles. The first-order valence-corrected chi connectivity index (χ1v) is 5.72. The Labute approximate surface area is 94.7 Å². The number of rotatable bonds is 1. The van der Waals surface area contributed by atoms with Crippen LogP contribution in [0.1, 0.15) is 12.8 Å². The van der Waals surface area contributed by atoms with Crippen molar-refractivity contribution < 1.29 is 0 Å². The molecule has 0 saturated carbocycles. The number of nitrogens with two attached hydrogens (primary N) is 1. The third-order valence-electron chi connectivity index (χ3n) is 3.27. The third kappa shape index (κ3) is 1.33. The highest BCUT2D eigenvalue weighted by molar-refractivity contribution is 5.82. The Morgan fingerprint density at radius 2 is 2.00 bits per heavy atom. The Balaban J connectivity index is 2.14. The van der Waals surface area contributed by atoms with E-state index in [2.05, 4.69) is 21.5 Å². The van der Waals surface area contributed by atoms with Gasteiger partial charge in [-0.05, 0) is 31.0 Å². The zero-order valence-electron chi connectivity index (χ0n) is 9.48. The fraction of sp³-hybridized carbons (Fsp3) is 0.417. The van der Waals surface area contributed by atoms with Gasteiger partial charge in [0, 0.05) is 25.8 Å². The number of aromatic nitrogens is 2. The Hall–Kier alpha value is -1.71. The number of hydrogen-bond donors (Lipinski definition) is 1. The topological polar surface area (TPSA) is 47.1 Å². The lowest BCUT2D eigenvalue weighted by Crippen LogP contribution is -2.21. The predicted octanol–water partition coefficient (Wildman–Crippen LogP) is 1.76. The summed E-state index contributed by atoms with van der Waals surface area (Å²) in [5.41, 5.74) is 8.69. The Bertz CT molecular complexity index is 523. The third-order valence-corrected chi connectivity index (χ3v) is 3.27. The lowest BCUT2D eigenvalue weighted by atomic mass is 10.3. The molecule has 0 amide bonds. The maximum atomic E-state index is 5.77. The van der Waals surface area contributed by atoms with E-state index in [0.717, 1.165) is 35.8 Å². The summed E-state index contributed by atoms with van der Waals surface area (Å²) < 4.78 is 2.15. The lowest BCUT2D eigenvalue weighted by molar-refractivity contribution is 0.837. The Morgan fingerprint density at radius 3 is 2.75 bits per heavy atom. The maximum Gasteiger partial charge on any atom is 0.206 e. The van der Waals surface area contributed by atoms with E-state index >= 15 is 0 Å². The predicted molar refractivity (Wildman–Crippen MR) is 66.6 cm³/mol. The van der Waals surface area contributed by atoms with Gasteiger partial charge in [0.05, 0.1) is 11.0 Å². The highest BCUT2D eigenvalue weighted by Crippen LogP contribution is 2.25. The molecule has 0 unspecified atom stereocenters. The van der Waals surface area contributed by atoms with Crippen LogP contribution in [0, 0.1) is 0 Å². The highest BCUT2D eigenvalue weighted by atomic mass is 15.3. The van der Waals surface area contributed by atoms with Gasteiger partial charge in [-0.2, -0.15) is 0 Å². The van der Waals surface area contributed by atoms with Gasteiger partial charge in [-0.25, -0.2) is 4.98 Å². The molecule has 4 heteroatoms. The van der Waals surface area contributed by atoms with Gasteiger partial charge < -0.3 is 15.2 Å². The minimum atomic E-state index is 0.776. The zero-order valence-corrected chi connectivity index (χ0v) is 9.48. The van der Waals surface area contributed by atoms with E-state index in [1.807, 2.05) is 18.2 Å². The van der Waals surface area contributed by atoms with Crippen LogP contribution < -0.4 is 10.6 Å². The average Bonchev–Trinajstić information content (AvgIpc) is 2.86. The summed E-state index contributed by atoms with van der Waals surface area (Å²) in [5.74, 6) is 1.07. The van der Waals surface area contributed by atoms with Gasteiger partial charge in [-0.3, -0.25) is 0 Å². The van der Waals surface area contributed by atoms with Crippen molar-refractivity contribution in [1.29, 1.82) is 0 Å². The SMILES string of the molecule is Cn1c(N2CCCC2)nc2cc(N)ccc21. The second-order valence-corrected chi connectivity index (χ2v) is 4.41. The number of hydrogen-bond acceptors (Lipinski definition) is 3. The molecule has 3 rings (SSSR count). The molecular weight excluding hydrogens is 200 g/mol. The van der Waals surface area contributed by atoms with Crippen LogP contribution in [0.3, 0.4) is 0 Å². The normalized spacial score (nSPS) is 16.2. The molecule has 2 aromatic rings. The summed E-state index contributed by atoms with van der Waals surface area (Å²) in [6, 6.07) is 5.91. The number of aryl methyl sites for hydroxylation is 1. The molecule has 1 aliphatic heterocycles. The molecule has 84 valence electrons. The minimum Gasteiger partial charge on any atom is -0.399 e. The summed E-state index contributed by atoms with van der Waals surface area (Å²) >= 11 is 0. The number of nitrogen functional groups attached to an aromatic ring is 1. The fourth-order valence-corrected chi connectivity index (χ4v) is 2.40. The van der Waals surface area contributed by atoms with Crippen molar-refractivity contribution in [2.24, 2.45) is 7.05 Å². The van der Waals surface area contributed by atoms with Crippen molar-refractivity contribution in [1.82, 2.24) is 9.55 Å². The molecular formula is C12H16N4. The van der Waals surface area contributed by atoms with Crippen LogP contribution in [0.4, 0.5) is 11.6 Å². The molecule has 1 saturated heterocycles. The van der Waals surface area contributed by atoms with Crippen molar-refractivity contribution in [3.8, 4) is 0 Å². The smallest absolute Gasteiger partial charge is 0.206 e. The van der Waals surface area contributed by atoms with E-state index in [-0.39, 0.29) is 0 Å². The molecule has 0 spiro atoms. The first-order valence-electron chi connectivity index (χ1n) is 5.72. The largest absolute Gasteiger partial charge is 0.399 e. The van der Waals surface area contributed by atoms with Gasteiger partial charge in [-0.1, -0.05) is 0 Å². The number of fused-ring (bicyclic) bond motifs is 1. The van der Waals surface area contributed by atoms with Crippen LogP contribution in [0.2, 0.25) is 0 Å². The van der Waals surface area contributed by atoms with Gasteiger partial charge in [-0.15, -0.1) is 0 Å². The van der Waals surface area contributed by atoms with Crippen molar-refractivity contribution in [3.63, 3.8) is 0 Å². The molecule has 16 heavy (non-hydrogen) atoms. The van der Waals surface area contributed by atoms with Crippen LogP contribution in [-0.2, 0) is 7.05 Å². The zero-order chi connectivity index (χ0) is 11.1. The van der Waals surface area contributed by atoms with Gasteiger partial charge in [0.25, 0.3) is 0 Å². The molecule has 0 aliphatic carbocycles. The van der Waals surface area contributed by atoms with Crippen LogP contribution in [-0.4, -0.2) is 22.6 Å². The van der Waals surface area contributed by atoms with Gasteiger partial charge in [0.1, 0.15) is 0 Å². The number of benzene rings is 1. The minimum absolute atomic E-state index is 0.776. The van der Waals surface area contributed by atoms with Crippen molar-refractivity contribution >= 4 is 22.7 Å². The summed E-state index contributed by atoms with van der Waals surface area (Å²) in [6.07, 6.45) is 2.54. The second kappa shape index (κ2) is 3.40. The van der Waals surface area contributed by atoms with Crippen LogP contribution >= 0.6 is 0 Å². The van der Waals surface area contributed by atoms with Crippen LogP contribution in [0.15, 0.2) is 18.2 Å². The van der Waals surface area contributed by atoms with Crippen molar-refractivity contribution in [3.05, 3.63) is 18.2 Å². The highest BCUT2D eigenvalue weighted by Gasteiger charge is 2.18. The van der Waals surface area contributed by atoms with E-state index in [9.17, 15) is 0 Å². The molecule has 1 aromatic heterocycles. The van der Waals surface area contributed by atoms with E-state index in [1.54, 1.807) is 0 Å². The van der Waals surface area contributed by atoms with Crippen LogP contribution in [0.5, 0.6) is 0 Å². The second-order valence-electron chi connectivity index (χ2n) is 4.41.